The van der Waals surface area contributed by atoms with Crippen LogP contribution in [0.2, 0.25) is 0 Å². The molecule has 0 aliphatic heterocycles. The monoisotopic (exact) mass is 624 g/mol. The van der Waals surface area contributed by atoms with E-state index in [9.17, 15) is 70.6 Å². The molecule has 1 unspecified atom stereocenters. The molecule has 0 aliphatic carbocycles. The van der Waals surface area contributed by atoms with Gasteiger partial charge in [0, 0.05) is 5.57 Å². The summed E-state index contributed by atoms with van der Waals surface area (Å²) in [6, 6.07) is 0. The molecule has 228 valence electrons. The van der Waals surface area contributed by atoms with Crippen molar-refractivity contribution < 1.29 is 79.9 Å². The Balaban J connectivity index is 0. The molecule has 0 fully saturated rings. The number of nitrogens with zero attached hydrogens (tertiary/aromatic N) is 2. The molecule has 0 aromatic carbocycles. The number of aliphatic hydroxyl groups excluding tert-OH is 1. The minimum atomic E-state index is -7.62. The van der Waals surface area contributed by atoms with E-state index < -0.39 is 55.0 Å². The Kier molecular flexibility index (Phi) is 13.2. The summed E-state index contributed by atoms with van der Waals surface area (Å²) in [5, 5.41) is -4.10. The average molecular weight is 625 g/mol. The van der Waals surface area contributed by atoms with Gasteiger partial charge in [0.1, 0.15) is 19.3 Å². The predicted octanol–water partition coefficient (Wildman–Crippen LogP) is 3.67. The second kappa shape index (κ2) is 13.1. The minimum Gasteiger partial charge on any atom is -0.459 e. The first-order valence-electron chi connectivity index (χ1n) is 10.1. The van der Waals surface area contributed by atoms with Crippen LogP contribution in [0.1, 0.15) is 27.7 Å². The number of hydrogen-bond acceptors (Lipinski definition) is 7. The topological polar surface area (TPSA) is 129 Å². The zero-order chi connectivity index (χ0) is 31.2. The first kappa shape index (κ1) is 38.4. The number of alkyl halides is 10. The smallest absolute Gasteiger partial charge is 0.459 e. The van der Waals surface area contributed by atoms with Gasteiger partial charge in [-0.25, -0.2) is 21.6 Å². The molecule has 9 nitrogen and oxygen atoms in total. The Hall–Kier alpha value is -1.71. The fraction of sp³-hybridized carbons (Fsp3) is 0.824. The largest absolute Gasteiger partial charge is 0.467 e. The summed E-state index contributed by atoms with van der Waals surface area (Å²) in [7, 11) is -15.2. The minimum absolute atomic E-state index is 0.0473. The molecule has 0 bridgehead atoms. The van der Waals surface area contributed by atoms with Gasteiger partial charge >= 0.3 is 28.8 Å². The number of esters is 1. The molecule has 0 saturated carbocycles. The SMILES string of the molecule is C=C(C)C(=O)OCC(O)C[N+](CC)(CC)CC.O=S(=O)([N-]S(=O)(=O)C(F)(F)C(F)(F)F)C(F)(F)C(F)(F)F. The van der Waals surface area contributed by atoms with Gasteiger partial charge in [-0.3, -0.25) is 0 Å². The third-order valence-electron chi connectivity index (χ3n) is 4.87. The molecule has 0 rings (SSSR count). The van der Waals surface area contributed by atoms with Crippen LogP contribution in [0.25, 0.3) is 4.13 Å². The quantitative estimate of drug-likeness (QED) is 0.152. The molecule has 0 saturated heterocycles. The van der Waals surface area contributed by atoms with Crippen LogP contribution in [-0.2, 0) is 29.6 Å². The number of rotatable bonds is 12. The van der Waals surface area contributed by atoms with Crippen LogP contribution in [0.5, 0.6) is 0 Å². The lowest BCUT2D eigenvalue weighted by Crippen LogP contribution is -2.52. The molecule has 1 atom stereocenters. The van der Waals surface area contributed by atoms with Gasteiger partial charge in [-0.1, -0.05) is 6.58 Å². The Morgan fingerprint density at radius 2 is 1.16 bits per heavy atom. The number of hydrogen-bond donors (Lipinski definition) is 1. The van der Waals surface area contributed by atoms with Gasteiger partial charge in [0.2, 0.25) is 0 Å². The highest BCUT2D eigenvalue weighted by atomic mass is 32.3. The lowest BCUT2D eigenvalue weighted by Gasteiger charge is -2.37. The molecule has 38 heavy (non-hydrogen) atoms. The number of halogens is 10. The molecule has 0 radical (unpaired) electrons. The first-order valence-corrected chi connectivity index (χ1v) is 13.0. The summed E-state index contributed by atoms with van der Waals surface area (Å²) >= 11 is 0. The maximum absolute atomic E-state index is 12.3. The first-order chi connectivity index (χ1) is 16.6. The molecular weight excluding hydrogens is 598 g/mol. The molecule has 0 amide bonds. The molecule has 0 aromatic rings. The summed E-state index contributed by atoms with van der Waals surface area (Å²) in [6.45, 7) is 15.0. The van der Waals surface area contributed by atoms with Gasteiger partial charge < -0.3 is 18.5 Å². The van der Waals surface area contributed by atoms with E-state index in [1.54, 1.807) is 6.92 Å². The van der Waals surface area contributed by atoms with Crippen molar-refractivity contribution in [3.05, 3.63) is 16.3 Å². The highest BCUT2D eigenvalue weighted by Crippen LogP contribution is 2.47. The van der Waals surface area contributed by atoms with E-state index in [-0.39, 0.29) is 6.61 Å². The molecular formula is C17H26F10N2O7S2. The van der Waals surface area contributed by atoms with Crippen molar-refractivity contribution in [2.45, 2.75) is 56.7 Å². The van der Waals surface area contributed by atoms with E-state index in [1.165, 1.54) is 0 Å². The Bertz CT molecular complexity index is 960. The van der Waals surface area contributed by atoms with Crippen molar-refractivity contribution in [2.24, 2.45) is 0 Å². The van der Waals surface area contributed by atoms with Gasteiger partial charge in [0.25, 0.3) is 0 Å². The van der Waals surface area contributed by atoms with E-state index >= 15 is 0 Å². The Morgan fingerprint density at radius 3 is 1.39 bits per heavy atom. The highest BCUT2D eigenvalue weighted by Gasteiger charge is 2.68. The fourth-order valence-electron chi connectivity index (χ4n) is 2.37. The predicted molar refractivity (Wildman–Crippen MR) is 112 cm³/mol. The fourth-order valence-corrected chi connectivity index (χ4v) is 4.74. The van der Waals surface area contributed by atoms with Gasteiger partial charge in [-0.2, -0.15) is 43.9 Å². The molecule has 1 N–H and O–H groups in total. The Morgan fingerprint density at radius 1 is 0.842 bits per heavy atom. The van der Waals surface area contributed by atoms with Gasteiger partial charge in [0.15, 0.2) is 20.0 Å². The molecule has 21 heteroatoms. The Labute approximate surface area is 212 Å². The van der Waals surface area contributed by atoms with Crippen molar-refractivity contribution in [3.63, 3.8) is 0 Å². The maximum Gasteiger partial charge on any atom is 0.467 e. The van der Waals surface area contributed by atoms with Crippen LogP contribution < -0.4 is 0 Å². The van der Waals surface area contributed by atoms with Gasteiger partial charge in [-0.05, 0) is 27.7 Å². The number of carbonyl (C=O) groups is 1. The van der Waals surface area contributed by atoms with E-state index in [2.05, 4.69) is 27.4 Å². The lowest BCUT2D eigenvalue weighted by atomic mass is 10.2. The van der Waals surface area contributed by atoms with Crippen molar-refractivity contribution in [3.8, 4) is 0 Å². The second-order valence-corrected chi connectivity index (χ2v) is 11.1. The summed E-state index contributed by atoms with van der Waals surface area (Å²) in [4.78, 5) is 11.2. The van der Waals surface area contributed by atoms with Crippen molar-refractivity contribution in [2.75, 3.05) is 32.8 Å². The van der Waals surface area contributed by atoms with Crippen LogP contribution in [0, 0.1) is 0 Å². The number of sulfonamides is 2. The van der Waals surface area contributed by atoms with Crippen LogP contribution in [0.4, 0.5) is 43.9 Å². The lowest BCUT2D eigenvalue weighted by molar-refractivity contribution is -0.926. The molecule has 0 heterocycles. The maximum atomic E-state index is 12.3. The van der Waals surface area contributed by atoms with Crippen LogP contribution in [-0.4, -0.2) is 94.1 Å². The summed E-state index contributed by atoms with van der Waals surface area (Å²) in [5.41, 5.74) is 0.361. The van der Waals surface area contributed by atoms with E-state index in [1.807, 2.05) is 0 Å². The number of quaternary nitrogens is 1. The summed E-state index contributed by atoms with van der Waals surface area (Å²) in [6.07, 6.45) is -14.6. The molecule has 0 aromatic heterocycles. The number of aliphatic hydroxyl groups is 1. The van der Waals surface area contributed by atoms with E-state index in [0.29, 0.717) is 16.2 Å². The average Bonchev–Trinajstić information content (AvgIpc) is 2.73. The summed E-state index contributed by atoms with van der Waals surface area (Å²) in [5.74, 6) is -0.438. The number of ether oxygens (including phenoxy) is 1. The zero-order valence-corrected chi connectivity index (χ0v) is 21.8. The van der Waals surface area contributed by atoms with Crippen molar-refractivity contribution in [1.82, 2.24) is 0 Å². The zero-order valence-electron chi connectivity index (χ0n) is 20.2. The third kappa shape index (κ3) is 9.49. The van der Waals surface area contributed by atoms with Gasteiger partial charge in [0.05, 0.1) is 19.6 Å². The van der Waals surface area contributed by atoms with Crippen molar-refractivity contribution >= 4 is 26.0 Å². The third-order valence-corrected chi connectivity index (χ3v) is 8.20. The second-order valence-electron chi connectivity index (χ2n) is 7.56. The van der Waals surface area contributed by atoms with Crippen LogP contribution in [0.3, 0.4) is 0 Å². The summed E-state index contributed by atoms with van der Waals surface area (Å²) < 4.78 is 167. The highest BCUT2D eigenvalue weighted by molar-refractivity contribution is 8.13. The standard InChI is InChI=1S/C13H26NO3.C4F10NO4S2/c1-6-14(7-2,8-3)9-12(15)10-17-13(16)11(4)5;5-1(6,7)3(11,12)20(16,17)15-21(18,19)4(13,14)2(8,9)10/h12,15H,4,6-10H2,1-3,5H3;/q+1;-1. The normalized spacial score (nSPS) is 14.8. The number of carbonyl (C=O) groups excluding carboxylic acids is 1. The van der Waals surface area contributed by atoms with E-state index in [4.69, 9.17) is 4.74 Å². The van der Waals surface area contributed by atoms with Crippen LogP contribution in [0.15, 0.2) is 12.2 Å². The van der Waals surface area contributed by atoms with Crippen LogP contribution >= 0.6 is 0 Å². The number of likely N-dealkylation sites (N-methyl/N-ethyl adjacent to an activating group) is 1. The molecule has 0 spiro atoms. The molecule has 0 aliphatic rings. The van der Waals surface area contributed by atoms with E-state index in [0.717, 1.165) is 24.1 Å². The van der Waals surface area contributed by atoms with Crippen molar-refractivity contribution in [1.29, 1.82) is 0 Å². The van der Waals surface area contributed by atoms with Gasteiger partial charge in [-0.15, -0.1) is 0 Å².